The van der Waals surface area contributed by atoms with Gasteiger partial charge in [0.05, 0.1) is 18.7 Å². The van der Waals surface area contributed by atoms with Crippen LogP contribution in [-0.2, 0) is 11.3 Å². The number of rotatable bonds is 3. The van der Waals surface area contributed by atoms with Crippen LogP contribution < -0.4 is 5.56 Å². The standard InChI is InChI=1S/C17H18FN5O2/c1-11-19-15-13-3-2-12(18)10-14(13)20-21-16(15)17(24)23(11)5-4-22-6-8-25-9-7-22/h2-3,10H,4-9H2,1H3. The second-order valence-electron chi connectivity index (χ2n) is 6.13. The molecular formula is C17H18FN5O2. The van der Waals surface area contributed by atoms with Crippen LogP contribution in [-0.4, -0.2) is 57.5 Å². The minimum Gasteiger partial charge on any atom is -0.379 e. The molecule has 1 aliphatic heterocycles. The number of morpholine rings is 1. The molecule has 1 saturated heterocycles. The Balaban J connectivity index is 1.74. The lowest BCUT2D eigenvalue weighted by Crippen LogP contribution is -2.39. The average Bonchev–Trinajstić information content (AvgIpc) is 2.62. The Hall–Kier alpha value is -2.45. The highest BCUT2D eigenvalue weighted by molar-refractivity contribution is 6.00. The molecule has 0 saturated carbocycles. The fraction of sp³-hybridized carbons (Fsp3) is 0.412. The van der Waals surface area contributed by atoms with E-state index >= 15 is 0 Å². The summed E-state index contributed by atoms with van der Waals surface area (Å²) in [6.45, 7) is 6.27. The molecule has 0 amide bonds. The fourth-order valence-electron chi connectivity index (χ4n) is 3.15. The molecule has 0 unspecified atom stereocenters. The third kappa shape index (κ3) is 2.98. The van der Waals surface area contributed by atoms with Crippen molar-refractivity contribution in [1.82, 2.24) is 24.6 Å². The van der Waals surface area contributed by atoms with Gasteiger partial charge in [0.2, 0.25) is 0 Å². The van der Waals surface area contributed by atoms with Crippen molar-refractivity contribution in [2.24, 2.45) is 0 Å². The molecule has 0 bridgehead atoms. The van der Waals surface area contributed by atoms with Gasteiger partial charge >= 0.3 is 0 Å². The average molecular weight is 343 g/mol. The van der Waals surface area contributed by atoms with Gasteiger partial charge in [-0.15, -0.1) is 10.2 Å². The van der Waals surface area contributed by atoms with Gasteiger partial charge in [-0.1, -0.05) is 0 Å². The lowest BCUT2D eigenvalue weighted by atomic mass is 10.2. The molecule has 0 N–H and O–H groups in total. The Labute approximate surface area is 143 Å². The highest BCUT2D eigenvalue weighted by Crippen LogP contribution is 2.19. The zero-order valence-electron chi connectivity index (χ0n) is 13.9. The normalized spacial score (nSPS) is 15.9. The quantitative estimate of drug-likeness (QED) is 0.664. The molecule has 0 atom stereocenters. The number of nitrogens with zero attached hydrogens (tertiary/aromatic N) is 5. The van der Waals surface area contributed by atoms with Crippen LogP contribution in [0.2, 0.25) is 0 Å². The second-order valence-corrected chi connectivity index (χ2v) is 6.13. The van der Waals surface area contributed by atoms with Gasteiger partial charge in [-0.05, 0) is 19.1 Å². The summed E-state index contributed by atoms with van der Waals surface area (Å²) in [6, 6.07) is 4.22. The van der Waals surface area contributed by atoms with Crippen LogP contribution in [0.25, 0.3) is 21.9 Å². The van der Waals surface area contributed by atoms with Crippen LogP contribution in [0.4, 0.5) is 4.39 Å². The number of hydrogen-bond acceptors (Lipinski definition) is 6. The molecule has 0 radical (unpaired) electrons. The Morgan fingerprint density at radius 1 is 1.16 bits per heavy atom. The van der Waals surface area contributed by atoms with E-state index in [0.29, 0.717) is 28.8 Å². The van der Waals surface area contributed by atoms with Crippen molar-refractivity contribution in [3.8, 4) is 0 Å². The maximum atomic E-state index is 13.4. The molecule has 1 aromatic carbocycles. The number of fused-ring (bicyclic) bond motifs is 3. The maximum absolute atomic E-state index is 13.4. The third-order valence-corrected chi connectivity index (χ3v) is 4.55. The van der Waals surface area contributed by atoms with E-state index < -0.39 is 5.82 Å². The van der Waals surface area contributed by atoms with E-state index in [2.05, 4.69) is 20.1 Å². The zero-order chi connectivity index (χ0) is 17.4. The van der Waals surface area contributed by atoms with Gasteiger partial charge < -0.3 is 4.74 Å². The molecule has 8 heteroatoms. The van der Waals surface area contributed by atoms with E-state index in [4.69, 9.17) is 4.74 Å². The highest BCUT2D eigenvalue weighted by atomic mass is 19.1. The number of hydrogen-bond donors (Lipinski definition) is 0. The largest absolute Gasteiger partial charge is 0.379 e. The van der Waals surface area contributed by atoms with Crippen LogP contribution in [0.5, 0.6) is 0 Å². The fourth-order valence-corrected chi connectivity index (χ4v) is 3.15. The van der Waals surface area contributed by atoms with Gasteiger partial charge in [-0.25, -0.2) is 9.37 Å². The summed E-state index contributed by atoms with van der Waals surface area (Å²) in [5.41, 5.74) is 0.862. The smallest absolute Gasteiger partial charge is 0.282 e. The van der Waals surface area contributed by atoms with Crippen LogP contribution in [0.1, 0.15) is 5.82 Å². The summed E-state index contributed by atoms with van der Waals surface area (Å²) >= 11 is 0. The van der Waals surface area contributed by atoms with Crippen LogP contribution in [0.3, 0.4) is 0 Å². The lowest BCUT2D eigenvalue weighted by molar-refractivity contribution is 0.0362. The maximum Gasteiger partial charge on any atom is 0.282 e. The summed E-state index contributed by atoms with van der Waals surface area (Å²) in [5, 5.41) is 8.61. The van der Waals surface area contributed by atoms with Crippen molar-refractivity contribution in [2.75, 3.05) is 32.8 Å². The number of aryl methyl sites for hydroxylation is 1. The summed E-state index contributed by atoms with van der Waals surface area (Å²) in [7, 11) is 0. The monoisotopic (exact) mass is 343 g/mol. The summed E-state index contributed by atoms with van der Waals surface area (Å²) in [4.78, 5) is 19.6. The molecular weight excluding hydrogens is 325 g/mol. The molecule has 0 spiro atoms. The van der Waals surface area contributed by atoms with Crippen molar-refractivity contribution in [3.63, 3.8) is 0 Å². The van der Waals surface area contributed by atoms with E-state index in [1.54, 1.807) is 17.6 Å². The first-order chi connectivity index (χ1) is 12.1. The van der Waals surface area contributed by atoms with Gasteiger partial charge in [0.25, 0.3) is 5.56 Å². The predicted octanol–water partition coefficient (Wildman–Crippen LogP) is 1.12. The first-order valence-electron chi connectivity index (χ1n) is 8.27. The van der Waals surface area contributed by atoms with Crippen molar-refractivity contribution in [2.45, 2.75) is 13.5 Å². The number of benzene rings is 1. The third-order valence-electron chi connectivity index (χ3n) is 4.55. The van der Waals surface area contributed by atoms with Crippen molar-refractivity contribution >= 4 is 21.9 Å². The van der Waals surface area contributed by atoms with Gasteiger partial charge in [-0.2, -0.15) is 0 Å². The molecule has 25 heavy (non-hydrogen) atoms. The predicted molar refractivity (Wildman–Crippen MR) is 91.1 cm³/mol. The minimum absolute atomic E-state index is 0.213. The first-order valence-corrected chi connectivity index (χ1v) is 8.27. The molecule has 4 rings (SSSR count). The van der Waals surface area contributed by atoms with E-state index in [1.807, 2.05) is 0 Å². The van der Waals surface area contributed by atoms with Gasteiger partial charge in [0.15, 0.2) is 5.52 Å². The number of halogens is 1. The SMILES string of the molecule is Cc1nc2c(nnc3cc(F)ccc32)c(=O)n1CCN1CCOCC1. The van der Waals surface area contributed by atoms with Gasteiger partial charge in [0.1, 0.15) is 17.2 Å². The zero-order valence-corrected chi connectivity index (χ0v) is 13.9. The number of aromatic nitrogens is 4. The Kier molecular flexibility index (Phi) is 4.14. The van der Waals surface area contributed by atoms with Crippen molar-refractivity contribution in [1.29, 1.82) is 0 Å². The molecule has 0 aliphatic carbocycles. The second kappa shape index (κ2) is 6.45. The first kappa shape index (κ1) is 16.0. The topological polar surface area (TPSA) is 73.1 Å². The summed E-state index contributed by atoms with van der Waals surface area (Å²) < 4.78 is 20.3. The molecule has 2 aromatic heterocycles. The molecule has 1 fully saturated rings. The van der Waals surface area contributed by atoms with E-state index in [-0.39, 0.29) is 11.1 Å². The Bertz CT molecular complexity index is 998. The van der Waals surface area contributed by atoms with Gasteiger partial charge in [-0.3, -0.25) is 14.3 Å². The molecule has 130 valence electrons. The van der Waals surface area contributed by atoms with Crippen LogP contribution in [0, 0.1) is 12.7 Å². The van der Waals surface area contributed by atoms with Crippen LogP contribution in [0.15, 0.2) is 23.0 Å². The molecule has 1 aliphatic rings. The van der Waals surface area contributed by atoms with Crippen LogP contribution >= 0.6 is 0 Å². The summed E-state index contributed by atoms with van der Waals surface area (Å²) in [5.74, 6) is 0.223. The van der Waals surface area contributed by atoms with E-state index in [0.717, 1.165) is 32.8 Å². The molecule has 7 nitrogen and oxygen atoms in total. The number of ether oxygens (including phenoxy) is 1. The van der Waals surface area contributed by atoms with Crippen molar-refractivity contribution in [3.05, 3.63) is 40.2 Å². The van der Waals surface area contributed by atoms with E-state index in [9.17, 15) is 9.18 Å². The summed E-state index contributed by atoms with van der Waals surface area (Å²) in [6.07, 6.45) is 0. The Morgan fingerprint density at radius 3 is 2.76 bits per heavy atom. The van der Waals surface area contributed by atoms with Gasteiger partial charge in [0, 0.05) is 37.6 Å². The minimum atomic E-state index is -0.392. The molecule has 3 heterocycles. The highest BCUT2D eigenvalue weighted by Gasteiger charge is 2.15. The molecule has 3 aromatic rings. The lowest BCUT2D eigenvalue weighted by Gasteiger charge is -2.26. The Morgan fingerprint density at radius 2 is 1.96 bits per heavy atom. The van der Waals surface area contributed by atoms with Crippen molar-refractivity contribution < 1.29 is 9.13 Å². The van der Waals surface area contributed by atoms with E-state index in [1.165, 1.54) is 12.1 Å².